The lowest BCUT2D eigenvalue weighted by molar-refractivity contribution is -0.145. The van der Waals surface area contributed by atoms with E-state index in [4.69, 9.17) is 9.47 Å². The highest BCUT2D eigenvalue weighted by Gasteiger charge is 2.40. The molecule has 6 nitrogen and oxygen atoms in total. The minimum Gasteiger partial charge on any atom is -0.469 e. The van der Waals surface area contributed by atoms with Crippen molar-refractivity contribution in [3.8, 4) is 0 Å². The minimum absolute atomic E-state index is 0.100. The average molecular weight is 353 g/mol. The van der Waals surface area contributed by atoms with Crippen LogP contribution in [-0.2, 0) is 19.1 Å². The van der Waals surface area contributed by atoms with Crippen LogP contribution in [-0.4, -0.2) is 36.6 Å². The zero-order chi connectivity index (χ0) is 18.5. The Morgan fingerprint density at radius 3 is 2.35 bits per heavy atom. The fourth-order valence-electron chi connectivity index (χ4n) is 3.06. The normalized spacial score (nSPS) is 17.5. The number of rotatable bonds is 5. The van der Waals surface area contributed by atoms with E-state index in [1.165, 1.54) is 7.11 Å². The van der Waals surface area contributed by atoms with Gasteiger partial charge in [-0.05, 0) is 11.1 Å². The third-order valence-corrected chi connectivity index (χ3v) is 4.39. The van der Waals surface area contributed by atoms with Crippen LogP contribution < -0.4 is 0 Å². The second kappa shape index (κ2) is 7.82. The van der Waals surface area contributed by atoms with Crippen molar-refractivity contribution in [2.45, 2.75) is 18.4 Å². The molecule has 1 aliphatic heterocycles. The molecule has 2 amide bonds. The Kier molecular flexibility index (Phi) is 5.31. The molecular weight excluding hydrogens is 334 g/mol. The highest BCUT2D eigenvalue weighted by Crippen LogP contribution is 2.31. The van der Waals surface area contributed by atoms with Gasteiger partial charge in [0.25, 0.3) is 0 Å². The van der Waals surface area contributed by atoms with E-state index >= 15 is 0 Å². The van der Waals surface area contributed by atoms with E-state index in [9.17, 15) is 14.4 Å². The van der Waals surface area contributed by atoms with E-state index in [1.54, 1.807) is 24.3 Å². The van der Waals surface area contributed by atoms with Gasteiger partial charge in [0.2, 0.25) is 5.91 Å². The number of imide groups is 1. The maximum Gasteiger partial charge on any atom is 0.417 e. The van der Waals surface area contributed by atoms with Gasteiger partial charge in [-0.15, -0.1) is 0 Å². The second-order valence-electron chi connectivity index (χ2n) is 5.96. The molecule has 134 valence electrons. The molecule has 3 rings (SSSR count). The molecule has 1 saturated heterocycles. The molecule has 26 heavy (non-hydrogen) atoms. The summed E-state index contributed by atoms with van der Waals surface area (Å²) in [5, 5.41) is 0. The Hall–Kier alpha value is -3.15. The highest BCUT2D eigenvalue weighted by atomic mass is 16.6. The van der Waals surface area contributed by atoms with Crippen LogP contribution in [0.1, 0.15) is 29.5 Å². The number of ether oxygens (including phenoxy) is 2. The van der Waals surface area contributed by atoms with Gasteiger partial charge in [-0.1, -0.05) is 60.7 Å². The molecule has 1 heterocycles. The van der Waals surface area contributed by atoms with Crippen LogP contribution in [0.2, 0.25) is 0 Å². The van der Waals surface area contributed by atoms with Gasteiger partial charge in [-0.25, -0.2) is 9.69 Å². The molecule has 0 N–H and O–H groups in total. The zero-order valence-corrected chi connectivity index (χ0v) is 14.3. The zero-order valence-electron chi connectivity index (χ0n) is 14.3. The molecule has 1 aliphatic rings. The van der Waals surface area contributed by atoms with Crippen molar-refractivity contribution in [2.24, 2.45) is 0 Å². The predicted molar refractivity (Wildman–Crippen MR) is 93.2 cm³/mol. The van der Waals surface area contributed by atoms with Crippen molar-refractivity contribution in [1.29, 1.82) is 0 Å². The molecule has 2 aromatic carbocycles. The summed E-state index contributed by atoms with van der Waals surface area (Å²) in [6.45, 7) is 0.100. The second-order valence-corrected chi connectivity index (χ2v) is 5.96. The van der Waals surface area contributed by atoms with Gasteiger partial charge in [0.15, 0.2) is 0 Å². The number of esters is 1. The van der Waals surface area contributed by atoms with E-state index in [-0.39, 0.29) is 13.0 Å². The van der Waals surface area contributed by atoms with Gasteiger partial charge >= 0.3 is 12.1 Å². The van der Waals surface area contributed by atoms with Crippen LogP contribution in [0.3, 0.4) is 0 Å². The Bertz CT molecular complexity index is 790. The maximum absolute atomic E-state index is 12.9. The number of carbonyl (C=O) groups excluding carboxylic acids is 3. The summed E-state index contributed by atoms with van der Waals surface area (Å²) < 4.78 is 9.92. The number of hydrogen-bond acceptors (Lipinski definition) is 5. The maximum atomic E-state index is 12.9. The molecular formula is C20H19NO5. The number of nitrogens with zero attached hydrogens (tertiary/aromatic N) is 1. The van der Waals surface area contributed by atoms with Gasteiger partial charge in [-0.2, -0.15) is 0 Å². The van der Waals surface area contributed by atoms with E-state index in [1.807, 2.05) is 36.4 Å². The van der Waals surface area contributed by atoms with Crippen molar-refractivity contribution in [3.63, 3.8) is 0 Å². The first-order valence-corrected chi connectivity index (χ1v) is 8.28. The van der Waals surface area contributed by atoms with Crippen molar-refractivity contribution in [3.05, 3.63) is 71.8 Å². The summed E-state index contributed by atoms with van der Waals surface area (Å²) in [5.41, 5.74) is 1.47. The first kappa shape index (κ1) is 17.7. The lowest BCUT2D eigenvalue weighted by atomic mass is 9.94. The van der Waals surface area contributed by atoms with Crippen molar-refractivity contribution >= 4 is 18.0 Å². The third-order valence-electron chi connectivity index (χ3n) is 4.39. The molecule has 1 unspecified atom stereocenters. The first-order chi connectivity index (χ1) is 12.6. The van der Waals surface area contributed by atoms with Gasteiger partial charge < -0.3 is 9.47 Å². The number of hydrogen-bond donors (Lipinski definition) is 0. The van der Waals surface area contributed by atoms with Crippen LogP contribution >= 0.6 is 0 Å². The van der Waals surface area contributed by atoms with Gasteiger partial charge in [0.05, 0.1) is 13.0 Å². The summed E-state index contributed by atoms with van der Waals surface area (Å²) in [5.74, 6) is -1.77. The van der Waals surface area contributed by atoms with Gasteiger partial charge in [-0.3, -0.25) is 9.59 Å². The lowest BCUT2D eigenvalue weighted by Crippen LogP contribution is -2.36. The van der Waals surface area contributed by atoms with E-state index < -0.39 is 29.9 Å². The van der Waals surface area contributed by atoms with Gasteiger partial charge in [0, 0.05) is 6.42 Å². The van der Waals surface area contributed by atoms with E-state index in [2.05, 4.69) is 0 Å². The molecule has 0 aliphatic carbocycles. The monoisotopic (exact) mass is 353 g/mol. The van der Waals surface area contributed by atoms with Gasteiger partial charge in [0.1, 0.15) is 12.6 Å². The van der Waals surface area contributed by atoms with Crippen molar-refractivity contribution in [2.75, 3.05) is 13.7 Å². The molecule has 6 heteroatoms. The summed E-state index contributed by atoms with van der Waals surface area (Å²) >= 11 is 0. The molecule has 0 radical (unpaired) electrons. The number of methoxy groups -OCH3 is 1. The van der Waals surface area contributed by atoms with Crippen LogP contribution in [0.15, 0.2) is 60.7 Å². The standard InChI is InChI=1S/C20H19NO5/c1-25-19(23)16(14-8-4-2-5-9-14)12-18(22)21-17(13-26-20(21)24)15-10-6-3-7-11-15/h2-11,16-17H,12-13H2,1H3/t16?,17-/m0/s1. The number of carbonyl (C=O) groups is 3. The van der Waals surface area contributed by atoms with Crippen LogP contribution in [0.5, 0.6) is 0 Å². The molecule has 0 spiro atoms. The highest BCUT2D eigenvalue weighted by molar-refractivity contribution is 5.96. The Morgan fingerprint density at radius 2 is 1.73 bits per heavy atom. The summed E-state index contributed by atoms with van der Waals surface area (Å²) in [4.78, 5) is 38.3. The van der Waals surface area contributed by atoms with Crippen LogP contribution in [0.4, 0.5) is 4.79 Å². The number of benzene rings is 2. The largest absolute Gasteiger partial charge is 0.469 e. The molecule has 0 aromatic heterocycles. The Balaban J connectivity index is 1.84. The number of cyclic esters (lactones) is 1. The fraction of sp³-hybridized carbons (Fsp3) is 0.250. The van der Waals surface area contributed by atoms with E-state index in [0.717, 1.165) is 10.5 Å². The quantitative estimate of drug-likeness (QED) is 0.773. The predicted octanol–water partition coefficient (Wildman–Crippen LogP) is 3.05. The molecule has 1 fully saturated rings. The molecule has 2 aromatic rings. The van der Waals surface area contributed by atoms with Crippen LogP contribution in [0.25, 0.3) is 0 Å². The fourth-order valence-corrected chi connectivity index (χ4v) is 3.06. The first-order valence-electron chi connectivity index (χ1n) is 8.28. The topological polar surface area (TPSA) is 72.9 Å². The lowest BCUT2D eigenvalue weighted by Gasteiger charge is -2.22. The SMILES string of the molecule is COC(=O)C(CC(=O)N1C(=O)OC[C@H]1c1ccccc1)c1ccccc1. The van der Waals surface area contributed by atoms with Crippen molar-refractivity contribution in [1.82, 2.24) is 4.90 Å². The minimum atomic E-state index is -0.779. The van der Waals surface area contributed by atoms with Crippen LogP contribution in [0, 0.1) is 0 Å². The Labute approximate surface area is 151 Å². The van der Waals surface area contributed by atoms with Crippen molar-refractivity contribution < 1.29 is 23.9 Å². The summed E-state index contributed by atoms with van der Waals surface area (Å²) in [6.07, 6.45) is -0.865. The average Bonchev–Trinajstić information content (AvgIpc) is 3.08. The Morgan fingerprint density at radius 1 is 1.12 bits per heavy atom. The third kappa shape index (κ3) is 3.59. The number of amides is 2. The molecule has 2 atom stereocenters. The smallest absolute Gasteiger partial charge is 0.417 e. The molecule has 0 saturated carbocycles. The summed E-state index contributed by atoms with van der Waals surface area (Å²) in [6, 6.07) is 17.6. The van der Waals surface area contributed by atoms with E-state index in [0.29, 0.717) is 5.56 Å². The summed E-state index contributed by atoms with van der Waals surface area (Å²) in [7, 11) is 1.28. The molecule has 0 bridgehead atoms.